The highest BCUT2D eigenvalue weighted by Gasteiger charge is 2.35. The van der Waals surface area contributed by atoms with Crippen LogP contribution in [-0.2, 0) is 12.7 Å². The second-order valence-corrected chi connectivity index (χ2v) is 4.26. The first-order valence-corrected chi connectivity index (χ1v) is 4.48. The van der Waals surface area contributed by atoms with E-state index in [0.29, 0.717) is 15.1 Å². The first-order valence-electron chi connectivity index (χ1n) is 2.87. The van der Waals surface area contributed by atoms with Crippen LogP contribution in [0.4, 0.5) is 13.2 Å². The van der Waals surface area contributed by atoms with Gasteiger partial charge in [0.2, 0.25) is 0 Å². The van der Waals surface area contributed by atoms with E-state index in [2.05, 4.69) is 20.9 Å². The molecule has 0 amide bonds. The van der Waals surface area contributed by atoms with Gasteiger partial charge in [-0.25, -0.2) is 4.98 Å². The summed E-state index contributed by atoms with van der Waals surface area (Å²) in [5, 5.41) is -0.866. The average molecular weight is 261 g/mol. The molecular formula is C5H4BrF3N2S. The van der Waals surface area contributed by atoms with E-state index in [1.54, 1.807) is 0 Å². The van der Waals surface area contributed by atoms with Gasteiger partial charge in [-0.05, 0) is 15.9 Å². The van der Waals surface area contributed by atoms with Gasteiger partial charge < -0.3 is 5.73 Å². The molecule has 0 saturated carbocycles. The fourth-order valence-electron chi connectivity index (χ4n) is 0.580. The number of nitrogens with two attached hydrogens (primary N) is 1. The lowest BCUT2D eigenvalue weighted by Gasteiger charge is -1.98. The highest BCUT2D eigenvalue weighted by molar-refractivity contribution is 9.11. The molecule has 0 saturated heterocycles. The van der Waals surface area contributed by atoms with Crippen LogP contribution in [0.3, 0.4) is 0 Å². The fourth-order valence-corrected chi connectivity index (χ4v) is 1.98. The van der Waals surface area contributed by atoms with Gasteiger partial charge in [0.1, 0.15) is 0 Å². The number of hydrogen-bond acceptors (Lipinski definition) is 3. The molecule has 1 aromatic rings. The minimum atomic E-state index is -4.37. The number of rotatable bonds is 1. The third kappa shape index (κ3) is 1.96. The minimum Gasteiger partial charge on any atom is -0.325 e. The van der Waals surface area contributed by atoms with Crippen molar-refractivity contribution in [1.82, 2.24) is 4.98 Å². The summed E-state index contributed by atoms with van der Waals surface area (Å²) in [6.45, 7) is 0.00711. The molecule has 12 heavy (non-hydrogen) atoms. The van der Waals surface area contributed by atoms with Crippen molar-refractivity contribution in [3.63, 3.8) is 0 Å². The predicted octanol–water partition coefficient (Wildman–Crippen LogP) is 2.38. The molecule has 0 bridgehead atoms. The van der Waals surface area contributed by atoms with Gasteiger partial charge >= 0.3 is 6.18 Å². The van der Waals surface area contributed by atoms with Crippen molar-refractivity contribution in [2.75, 3.05) is 0 Å². The fraction of sp³-hybridized carbons (Fsp3) is 0.400. The summed E-state index contributed by atoms with van der Waals surface area (Å²) >= 11 is 3.49. The third-order valence-electron chi connectivity index (χ3n) is 1.09. The van der Waals surface area contributed by atoms with Crippen LogP contribution >= 0.6 is 27.3 Å². The Morgan fingerprint density at radius 2 is 2.08 bits per heavy atom. The van der Waals surface area contributed by atoms with Crippen LogP contribution < -0.4 is 5.73 Å². The molecule has 2 nitrogen and oxygen atoms in total. The molecule has 7 heteroatoms. The Kier molecular flexibility index (Phi) is 2.74. The molecule has 1 aromatic heterocycles. The largest absolute Gasteiger partial charge is 0.443 e. The molecule has 68 valence electrons. The first-order chi connectivity index (χ1) is 5.45. The molecular weight excluding hydrogens is 257 g/mol. The molecule has 0 fully saturated rings. The second-order valence-electron chi connectivity index (χ2n) is 1.94. The van der Waals surface area contributed by atoms with Crippen LogP contribution in [0.25, 0.3) is 0 Å². The predicted molar refractivity (Wildman–Crippen MR) is 42.7 cm³/mol. The molecule has 0 unspecified atom stereocenters. The van der Waals surface area contributed by atoms with Gasteiger partial charge in [0.05, 0.1) is 9.48 Å². The van der Waals surface area contributed by atoms with Crippen molar-refractivity contribution in [3.8, 4) is 0 Å². The van der Waals surface area contributed by atoms with Crippen molar-refractivity contribution < 1.29 is 13.2 Å². The van der Waals surface area contributed by atoms with Gasteiger partial charge in [0, 0.05) is 6.54 Å². The van der Waals surface area contributed by atoms with Crippen molar-refractivity contribution in [1.29, 1.82) is 0 Å². The number of aromatic nitrogens is 1. The summed E-state index contributed by atoms with van der Waals surface area (Å²) < 4.78 is 36.4. The first kappa shape index (κ1) is 9.94. The van der Waals surface area contributed by atoms with E-state index in [0.717, 1.165) is 0 Å². The summed E-state index contributed by atoms with van der Waals surface area (Å²) in [5.74, 6) is 0. The van der Waals surface area contributed by atoms with Gasteiger partial charge in [-0.3, -0.25) is 0 Å². The third-order valence-corrected chi connectivity index (χ3v) is 2.96. The quantitative estimate of drug-likeness (QED) is 0.842. The van der Waals surface area contributed by atoms with Gasteiger partial charge in [0.15, 0.2) is 5.01 Å². The van der Waals surface area contributed by atoms with Crippen LogP contribution in [-0.4, -0.2) is 4.98 Å². The molecule has 0 aliphatic rings. The standard InChI is InChI=1S/C5H4BrF3N2S/c6-3-2(1-10)11-4(12-3)5(7,8)9/h1,10H2. The van der Waals surface area contributed by atoms with Crippen LogP contribution in [0, 0.1) is 0 Å². The maximum atomic E-state index is 12.0. The zero-order chi connectivity index (χ0) is 9.35. The Balaban J connectivity index is 3.05. The Morgan fingerprint density at radius 3 is 2.33 bits per heavy atom. The Morgan fingerprint density at radius 1 is 1.50 bits per heavy atom. The molecule has 0 aromatic carbocycles. The zero-order valence-corrected chi connectivity index (χ0v) is 8.05. The van der Waals surface area contributed by atoms with Crippen LogP contribution in [0.2, 0.25) is 0 Å². The smallest absolute Gasteiger partial charge is 0.325 e. The Hall–Kier alpha value is -0.140. The molecule has 0 aliphatic heterocycles. The Labute approximate surface area is 78.7 Å². The molecule has 0 radical (unpaired) electrons. The average Bonchev–Trinajstić information content (AvgIpc) is 2.29. The van der Waals surface area contributed by atoms with E-state index in [-0.39, 0.29) is 12.2 Å². The monoisotopic (exact) mass is 260 g/mol. The van der Waals surface area contributed by atoms with Gasteiger partial charge in [-0.1, -0.05) is 0 Å². The van der Waals surface area contributed by atoms with Crippen LogP contribution in [0.1, 0.15) is 10.7 Å². The summed E-state index contributed by atoms with van der Waals surface area (Å²) in [4.78, 5) is 3.32. The second kappa shape index (κ2) is 3.31. The molecule has 1 heterocycles. The number of thiazole rings is 1. The number of nitrogens with zero attached hydrogens (tertiary/aromatic N) is 1. The van der Waals surface area contributed by atoms with E-state index in [1.165, 1.54) is 0 Å². The van der Waals surface area contributed by atoms with Crippen molar-refractivity contribution in [2.24, 2.45) is 5.73 Å². The van der Waals surface area contributed by atoms with Crippen molar-refractivity contribution in [2.45, 2.75) is 12.7 Å². The van der Waals surface area contributed by atoms with E-state index in [9.17, 15) is 13.2 Å². The molecule has 0 spiro atoms. The van der Waals surface area contributed by atoms with E-state index < -0.39 is 11.2 Å². The van der Waals surface area contributed by atoms with E-state index >= 15 is 0 Å². The highest BCUT2D eigenvalue weighted by atomic mass is 79.9. The topological polar surface area (TPSA) is 38.9 Å². The number of hydrogen-bond donors (Lipinski definition) is 1. The lowest BCUT2D eigenvalue weighted by Crippen LogP contribution is -2.05. The van der Waals surface area contributed by atoms with E-state index in [1.807, 2.05) is 0 Å². The lowest BCUT2D eigenvalue weighted by molar-refractivity contribution is -0.137. The summed E-state index contributed by atoms with van der Waals surface area (Å²) in [6, 6.07) is 0. The SMILES string of the molecule is NCc1nc(C(F)(F)F)sc1Br. The van der Waals surface area contributed by atoms with Crippen molar-refractivity contribution in [3.05, 3.63) is 14.5 Å². The lowest BCUT2D eigenvalue weighted by atomic mass is 10.5. The van der Waals surface area contributed by atoms with Crippen molar-refractivity contribution >= 4 is 27.3 Å². The molecule has 2 N–H and O–H groups in total. The van der Waals surface area contributed by atoms with Gasteiger partial charge in [-0.2, -0.15) is 13.2 Å². The van der Waals surface area contributed by atoms with Gasteiger partial charge in [-0.15, -0.1) is 11.3 Å². The number of alkyl halides is 3. The maximum absolute atomic E-state index is 12.0. The Bertz CT molecular complexity index is 283. The normalized spacial score (nSPS) is 12.1. The highest BCUT2D eigenvalue weighted by Crippen LogP contribution is 2.36. The zero-order valence-electron chi connectivity index (χ0n) is 5.65. The summed E-state index contributed by atoms with van der Waals surface area (Å²) in [7, 11) is 0. The maximum Gasteiger partial charge on any atom is 0.443 e. The van der Waals surface area contributed by atoms with Gasteiger partial charge in [0.25, 0.3) is 0 Å². The van der Waals surface area contributed by atoms with Crippen LogP contribution in [0.5, 0.6) is 0 Å². The molecule has 0 atom stereocenters. The molecule has 0 aliphatic carbocycles. The summed E-state index contributed by atoms with van der Waals surface area (Å²) in [5.41, 5.74) is 5.40. The van der Waals surface area contributed by atoms with Crippen LogP contribution in [0.15, 0.2) is 3.79 Å². The number of halogens is 4. The van der Waals surface area contributed by atoms with E-state index in [4.69, 9.17) is 5.73 Å². The molecule has 1 rings (SSSR count). The summed E-state index contributed by atoms with van der Waals surface area (Å²) in [6.07, 6.45) is -4.37. The minimum absolute atomic E-state index is 0.00711.